The van der Waals surface area contributed by atoms with E-state index >= 15 is 0 Å². The molecule has 0 N–H and O–H groups in total. The molecule has 1 saturated heterocycles. The molecule has 4 rings (SSSR count). The molecular formula is C23H26N2O2S. The van der Waals surface area contributed by atoms with Gasteiger partial charge in [-0.25, -0.2) is 4.98 Å². The third-order valence-corrected chi connectivity index (χ3v) is 6.35. The number of ether oxygens (including phenoxy) is 1. The van der Waals surface area contributed by atoms with Crippen molar-refractivity contribution < 1.29 is 9.53 Å². The smallest absolute Gasteiger partial charge is 0.261 e. The van der Waals surface area contributed by atoms with Crippen LogP contribution in [-0.4, -0.2) is 28.9 Å². The number of amides is 1. The molecule has 146 valence electrons. The summed E-state index contributed by atoms with van der Waals surface area (Å²) in [7, 11) is 0. The SMILES string of the molecule is CC(C)(C)c1ccccc1OCC(=O)N1CCCC1c1nc2ccccc2s1. The van der Waals surface area contributed by atoms with Crippen LogP contribution in [0, 0.1) is 0 Å². The van der Waals surface area contributed by atoms with E-state index < -0.39 is 0 Å². The molecule has 4 nitrogen and oxygen atoms in total. The second-order valence-electron chi connectivity index (χ2n) is 8.30. The van der Waals surface area contributed by atoms with Gasteiger partial charge in [-0.15, -0.1) is 11.3 Å². The molecule has 3 aromatic rings. The Morgan fingerprint density at radius 1 is 1.18 bits per heavy atom. The minimum Gasteiger partial charge on any atom is -0.483 e. The van der Waals surface area contributed by atoms with Crippen LogP contribution in [0.15, 0.2) is 48.5 Å². The Balaban J connectivity index is 1.49. The summed E-state index contributed by atoms with van der Waals surface area (Å²) < 4.78 is 7.15. The van der Waals surface area contributed by atoms with E-state index in [2.05, 4.69) is 32.9 Å². The number of hydrogen-bond acceptors (Lipinski definition) is 4. The zero-order valence-corrected chi connectivity index (χ0v) is 17.5. The number of aromatic nitrogens is 1. The van der Waals surface area contributed by atoms with Gasteiger partial charge in [-0.05, 0) is 42.0 Å². The van der Waals surface area contributed by atoms with Crippen LogP contribution in [0.25, 0.3) is 10.2 Å². The molecule has 0 aliphatic carbocycles. The fourth-order valence-electron chi connectivity index (χ4n) is 3.79. The van der Waals surface area contributed by atoms with E-state index in [9.17, 15) is 4.79 Å². The predicted molar refractivity (Wildman–Crippen MR) is 114 cm³/mol. The summed E-state index contributed by atoms with van der Waals surface area (Å²) in [5.41, 5.74) is 2.10. The van der Waals surface area contributed by atoms with E-state index in [0.29, 0.717) is 0 Å². The van der Waals surface area contributed by atoms with Crippen molar-refractivity contribution in [3.63, 3.8) is 0 Å². The highest BCUT2D eigenvalue weighted by molar-refractivity contribution is 7.18. The lowest BCUT2D eigenvalue weighted by Crippen LogP contribution is -2.34. The van der Waals surface area contributed by atoms with Gasteiger partial charge in [-0.3, -0.25) is 4.79 Å². The zero-order chi connectivity index (χ0) is 19.7. The zero-order valence-electron chi connectivity index (χ0n) is 16.6. The number of carbonyl (C=O) groups excluding carboxylic acids is 1. The number of thiazole rings is 1. The number of para-hydroxylation sites is 2. The molecule has 1 aliphatic heterocycles. The minimum absolute atomic E-state index is 0.0309. The average molecular weight is 395 g/mol. The molecule has 1 unspecified atom stereocenters. The van der Waals surface area contributed by atoms with Crippen LogP contribution < -0.4 is 4.74 Å². The Morgan fingerprint density at radius 2 is 1.93 bits per heavy atom. The summed E-state index contributed by atoms with van der Waals surface area (Å²) in [5.74, 6) is 0.824. The summed E-state index contributed by atoms with van der Waals surface area (Å²) in [4.78, 5) is 19.7. The van der Waals surface area contributed by atoms with E-state index in [1.807, 2.05) is 41.3 Å². The van der Waals surface area contributed by atoms with Gasteiger partial charge in [0, 0.05) is 6.54 Å². The lowest BCUT2D eigenvalue weighted by atomic mass is 9.86. The molecule has 2 aromatic carbocycles. The number of carbonyl (C=O) groups is 1. The largest absolute Gasteiger partial charge is 0.483 e. The normalized spacial score (nSPS) is 17.2. The van der Waals surface area contributed by atoms with Crippen LogP contribution in [0.1, 0.15) is 50.2 Å². The Morgan fingerprint density at radius 3 is 2.71 bits per heavy atom. The summed E-state index contributed by atoms with van der Waals surface area (Å²) >= 11 is 1.69. The van der Waals surface area contributed by atoms with Crippen LogP contribution in [0.5, 0.6) is 5.75 Å². The summed E-state index contributed by atoms with van der Waals surface area (Å²) in [6, 6.07) is 16.2. The molecule has 1 aliphatic rings. The van der Waals surface area contributed by atoms with Crippen LogP contribution in [-0.2, 0) is 10.2 Å². The van der Waals surface area contributed by atoms with Crippen molar-refractivity contribution in [3.05, 3.63) is 59.1 Å². The van der Waals surface area contributed by atoms with Crippen LogP contribution in [0.2, 0.25) is 0 Å². The summed E-state index contributed by atoms with van der Waals surface area (Å²) in [6.45, 7) is 7.29. The molecule has 1 amide bonds. The van der Waals surface area contributed by atoms with E-state index in [-0.39, 0.29) is 24.0 Å². The monoisotopic (exact) mass is 394 g/mol. The highest BCUT2D eigenvalue weighted by atomic mass is 32.1. The van der Waals surface area contributed by atoms with Crippen LogP contribution in [0.3, 0.4) is 0 Å². The van der Waals surface area contributed by atoms with E-state index in [4.69, 9.17) is 9.72 Å². The Hall–Kier alpha value is -2.40. The molecule has 2 heterocycles. The standard InChI is InChI=1S/C23H26N2O2S/c1-23(2,3)16-9-4-6-12-19(16)27-15-21(26)25-14-8-11-18(25)22-24-17-10-5-7-13-20(17)28-22/h4-7,9-10,12-13,18H,8,11,14-15H2,1-3H3. The fourth-order valence-corrected chi connectivity index (χ4v) is 4.90. The lowest BCUT2D eigenvalue weighted by Gasteiger charge is -2.25. The summed E-state index contributed by atoms with van der Waals surface area (Å²) in [6.07, 6.45) is 1.97. The number of likely N-dealkylation sites (tertiary alicyclic amines) is 1. The maximum absolute atomic E-state index is 13.0. The van der Waals surface area contributed by atoms with Crippen molar-refractivity contribution in [1.29, 1.82) is 0 Å². The number of nitrogens with zero attached hydrogens (tertiary/aromatic N) is 2. The van der Waals surface area contributed by atoms with Gasteiger partial charge in [0.15, 0.2) is 6.61 Å². The van der Waals surface area contributed by atoms with Gasteiger partial charge in [0.25, 0.3) is 5.91 Å². The first-order valence-electron chi connectivity index (χ1n) is 9.81. The van der Waals surface area contributed by atoms with Gasteiger partial charge in [0.05, 0.1) is 16.3 Å². The highest BCUT2D eigenvalue weighted by Crippen LogP contribution is 2.37. The van der Waals surface area contributed by atoms with Crippen molar-refractivity contribution in [2.75, 3.05) is 13.2 Å². The molecule has 0 saturated carbocycles. The molecule has 5 heteroatoms. The molecule has 1 fully saturated rings. The molecular weight excluding hydrogens is 368 g/mol. The second kappa shape index (κ2) is 7.55. The minimum atomic E-state index is -0.0309. The van der Waals surface area contributed by atoms with Gasteiger partial charge >= 0.3 is 0 Å². The third kappa shape index (κ3) is 3.76. The van der Waals surface area contributed by atoms with Crippen molar-refractivity contribution in [1.82, 2.24) is 9.88 Å². The summed E-state index contributed by atoms with van der Waals surface area (Å²) in [5, 5.41) is 1.03. The van der Waals surface area contributed by atoms with Crippen LogP contribution in [0.4, 0.5) is 0 Å². The van der Waals surface area contributed by atoms with Gasteiger partial charge in [-0.1, -0.05) is 51.1 Å². The van der Waals surface area contributed by atoms with Crippen molar-refractivity contribution >= 4 is 27.5 Å². The molecule has 0 spiro atoms. The maximum Gasteiger partial charge on any atom is 0.261 e. The Kier molecular flexibility index (Phi) is 5.11. The molecule has 28 heavy (non-hydrogen) atoms. The highest BCUT2D eigenvalue weighted by Gasteiger charge is 2.32. The predicted octanol–water partition coefficient (Wildman–Crippen LogP) is 5.34. The molecule has 0 bridgehead atoms. The lowest BCUT2D eigenvalue weighted by molar-refractivity contribution is -0.134. The number of benzene rings is 2. The molecule has 0 radical (unpaired) electrons. The first kappa shape index (κ1) is 18.9. The average Bonchev–Trinajstić information content (AvgIpc) is 3.32. The fraction of sp³-hybridized carbons (Fsp3) is 0.391. The van der Waals surface area contributed by atoms with Gasteiger partial charge in [0.2, 0.25) is 0 Å². The van der Waals surface area contributed by atoms with E-state index in [1.165, 1.54) is 4.70 Å². The topological polar surface area (TPSA) is 42.4 Å². The van der Waals surface area contributed by atoms with Gasteiger partial charge in [0.1, 0.15) is 10.8 Å². The number of fused-ring (bicyclic) bond motifs is 1. The molecule has 1 atom stereocenters. The van der Waals surface area contributed by atoms with Gasteiger partial charge in [-0.2, -0.15) is 0 Å². The first-order valence-corrected chi connectivity index (χ1v) is 10.6. The van der Waals surface area contributed by atoms with Gasteiger partial charge < -0.3 is 9.64 Å². The second-order valence-corrected chi connectivity index (χ2v) is 9.36. The van der Waals surface area contributed by atoms with Crippen LogP contribution >= 0.6 is 11.3 Å². The Bertz CT molecular complexity index is 956. The first-order chi connectivity index (χ1) is 13.4. The van der Waals surface area contributed by atoms with Crippen molar-refractivity contribution in [2.45, 2.75) is 45.1 Å². The van der Waals surface area contributed by atoms with Crippen molar-refractivity contribution in [2.24, 2.45) is 0 Å². The number of rotatable bonds is 4. The van der Waals surface area contributed by atoms with E-state index in [0.717, 1.165) is 41.2 Å². The quantitative estimate of drug-likeness (QED) is 0.600. The van der Waals surface area contributed by atoms with E-state index in [1.54, 1.807) is 11.3 Å². The third-order valence-electron chi connectivity index (χ3n) is 5.21. The Labute approximate surface area is 170 Å². The van der Waals surface area contributed by atoms with Crippen molar-refractivity contribution in [3.8, 4) is 5.75 Å². The number of hydrogen-bond donors (Lipinski definition) is 0. The molecule has 1 aromatic heterocycles. The maximum atomic E-state index is 13.0.